The molecule has 0 saturated carbocycles. The Labute approximate surface area is 269 Å². The molecule has 0 aliphatic rings. The summed E-state index contributed by atoms with van der Waals surface area (Å²) in [7, 11) is 0. The monoisotopic (exact) mass is 636 g/mol. The van der Waals surface area contributed by atoms with Gasteiger partial charge in [-0.2, -0.15) is 6.07 Å². The van der Waals surface area contributed by atoms with E-state index in [1.807, 2.05) is 0 Å². The molecule has 7 rings (SSSR count). The average molecular weight is 639 g/mol. The van der Waals surface area contributed by atoms with Gasteiger partial charge >= 0.3 is 26.2 Å². The third-order valence-electron chi connectivity index (χ3n) is 7.62. The van der Waals surface area contributed by atoms with Crippen molar-refractivity contribution < 1.29 is 51.0 Å². The SMILES string of the molecule is CCc1ccc2c(c1)[cH-]c1cc(CC)ccc12.Cc1cc2c(-c3cccc4ccccc34)cccc2[cH-]1.[Cl-].[Cl-].[Zr+4]. The molecule has 0 unspecified atom stereocenters. The first-order valence-corrected chi connectivity index (χ1v) is 13.4. The van der Waals surface area contributed by atoms with Crippen molar-refractivity contribution in [1.29, 1.82) is 0 Å². The molecule has 0 nitrogen and oxygen atoms in total. The summed E-state index contributed by atoms with van der Waals surface area (Å²) in [5.41, 5.74) is 6.81. The zero-order valence-corrected chi connectivity index (χ0v) is 27.1. The van der Waals surface area contributed by atoms with Gasteiger partial charge in [0.25, 0.3) is 0 Å². The van der Waals surface area contributed by atoms with Gasteiger partial charge in [0.05, 0.1) is 0 Å². The predicted molar refractivity (Wildman–Crippen MR) is 163 cm³/mol. The predicted octanol–water partition coefficient (Wildman–Crippen LogP) is 4.53. The minimum Gasteiger partial charge on any atom is -1.00 e. The third-order valence-corrected chi connectivity index (χ3v) is 7.62. The van der Waals surface area contributed by atoms with Crippen molar-refractivity contribution in [2.75, 3.05) is 0 Å². The quantitative estimate of drug-likeness (QED) is 0.250. The Bertz CT molecular complexity index is 1810. The molecule has 0 aliphatic heterocycles. The van der Waals surface area contributed by atoms with E-state index in [2.05, 4.69) is 136 Å². The second-order valence-electron chi connectivity index (χ2n) is 10.1. The maximum Gasteiger partial charge on any atom is 4.00 e. The summed E-state index contributed by atoms with van der Waals surface area (Å²) in [6, 6.07) is 42.2. The molecule has 3 heteroatoms. The molecule has 0 saturated heterocycles. The van der Waals surface area contributed by atoms with Crippen molar-refractivity contribution in [3.8, 4) is 11.1 Å². The largest absolute Gasteiger partial charge is 4.00 e. The molecule has 0 fully saturated rings. The summed E-state index contributed by atoms with van der Waals surface area (Å²) in [5, 5.41) is 10.8. The van der Waals surface area contributed by atoms with E-state index in [-0.39, 0.29) is 51.0 Å². The van der Waals surface area contributed by atoms with E-state index >= 15 is 0 Å². The number of halogens is 2. The van der Waals surface area contributed by atoms with Gasteiger partial charge in [-0.25, -0.2) is 0 Å². The van der Waals surface area contributed by atoms with Crippen LogP contribution in [0.1, 0.15) is 30.5 Å². The Kier molecular flexibility index (Phi) is 11.0. The summed E-state index contributed by atoms with van der Waals surface area (Å²) < 4.78 is 0. The molecule has 0 bridgehead atoms. The number of hydrogen-bond acceptors (Lipinski definition) is 0. The van der Waals surface area contributed by atoms with E-state index < -0.39 is 0 Å². The standard InChI is InChI=1S/C20H15.C17H17.2ClH.Zr/c1-14-12-16-8-5-11-19(20(16)13-14)18-10-4-7-15-6-2-3-9-17(15)18;1-3-12-5-7-16-14(9-12)11-15-10-13(4-2)6-8-17(15)16;;;/h2-13H,1H3;5-11H,3-4H2,1-2H3;2*1H;/q2*-1;;;+4/p-2. The molecular formula is C37H32Cl2Zr. The zero-order chi connectivity index (χ0) is 25.4. The van der Waals surface area contributed by atoms with Crippen LogP contribution >= 0.6 is 0 Å². The first kappa shape index (κ1) is 31.8. The molecular weight excluding hydrogens is 607 g/mol. The van der Waals surface area contributed by atoms with Crippen LogP contribution in [0, 0.1) is 6.92 Å². The third kappa shape index (κ3) is 6.13. The van der Waals surface area contributed by atoms with Crippen molar-refractivity contribution in [2.24, 2.45) is 0 Å². The Morgan fingerprint density at radius 3 is 1.68 bits per heavy atom. The van der Waals surface area contributed by atoms with Gasteiger partial charge in [0, 0.05) is 0 Å². The van der Waals surface area contributed by atoms with Gasteiger partial charge in [-0.05, 0) is 29.2 Å². The number of rotatable bonds is 3. The fourth-order valence-corrected chi connectivity index (χ4v) is 5.64. The van der Waals surface area contributed by atoms with Gasteiger partial charge in [0.15, 0.2) is 0 Å². The van der Waals surface area contributed by atoms with Gasteiger partial charge in [0.1, 0.15) is 0 Å². The summed E-state index contributed by atoms with van der Waals surface area (Å²) in [6.45, 7) is 6.57. The van der Waals surface area contributed by atoms with Crippen molar-refractivity contribution in [1.82, 2.24) is 0 Å². The van der Waals surface area contributed by atoms with Crippen LogP contribution in [0.2, 0.25) is 0 Å². The number of hydrogen-bond donors (Lipinski definition) is 0. The van der Waals surface area contributed by atoms with Crippen molar-refractivity contribution >= 4 is 43.1 Å². The van der Waals surface area contributed by atoms with E-state index in [1.54, 1.807) is 0 Å². The molecule has 0 atom stereocenters. The Morgan fingerprint density at radius 1 is 0.500 bits per heavy atom. The molecule has 0 aliphatic carbocycles. The van der Waals surface area contributed by atoms with Crippen LogP contribution in [0.15, 0.2) is 115 Å². The van der Waals surface area contributed by atoms with Crippen LogP contribution in [0.3, 0.4) is 0 Å². The zero-order valence-electron chi connectivity index (χ0n) is 23.1. The Hall–Kier alpha value is -2.70. The second-order valence-corrected chi connectivity index (χ2v) is 10.1. The Balaban J connectivity index is 0.000000207. The molecule has 7 aromatic carbocycles. The molecule has 40 heavy (non-hydrogen) atoms. The first-order chi connectivity index (χ1) is 18.1. The summed E-state index contributed by atoms with van der Waals surface area (Å²) in [6.07, 6.45) is 2.22. The molecule has 0 spiro atoms. The van der Waals surface area contributed by atoms with Crippen LogP contribution in [0.5, 0.6) is 0 Å². The van der Waals surface area contributed by atoms with Crippen LogP contribution in [0.4, 0.5) is 0 Å². The minimum atomic E-state index is 0. The van der Waals surface area contributed by atoms with Crippen LogP contribution < -0.4 is 24.8 Å². The van der Waals surface area contributed by atoms with E-state index in [0.29, 0.717) is 0 Å². The molecule has 7 aromatic rings. The molecule has 0 heterocycles. The van der Waals surface area contributed by atoms with E-state index in [4.69, 9.17) is 0 Å². The maximum absolute atomic E-state index is 2.32. The van der Waals surface area contributed by atoms with Crippen molar-refractivity contribution in [3.63, 3.8) is 0 Å². The molecule has 0 amide bonds. The smallest absolute Gasteiger partial charge is 1.00 e. The minimum absolute atomic E-state index is 0. The van der Waals surface area contributed by atoms with Gasteiger partial charge in [0.2, 0.25) is 0 Å². The van der Waals surface area contributed by atoms with Crippen LogP contribution in [0.25, 0.3) is 54.2 Å². The summed E-state index contributed by atoms with van der Waals surface area (Å²) in [5.74, 6) is 0. The molecule has 0 aromatic heterocycles. The van der Waals surface area contributed by atoms with Gasteiger partial charge in [-0.1, -0.05) is 110 Å². The number of aryl methyl sites for hydroxylation is 3. The topological polar surface area (TPSA) is 0 Å². The van der Waals surface area contributed by atoms with E-state index in [9.17, 15) is 0 Å². The van der Waals surface area contributed by atoms with Crippen LogP contribution in [-0.4, -0.2) is 0 Å². The fourth-order valence-electron chi connectivity index (χ4n) is 5.64. The summed E-state index contributed by atoms with van der Waals surface area (Å²) >= 11 is 0. The second kappa shape index (κ2) is 13.8. The fraction of sp³-hybridized carbons (Fsp3) is 0.135. The van der Waals surface area contributed by atoms with Gasteiger partial charge in [-0.3, -0.25) is 0 Å². The number of benzene rings is 5. The summed E-state index contributed by atoms with van der Waals surface area (Å²) in [4.78, 5) is 0. The normalized spacial score (nSPS) is 10.5. The molecule has 198 valence electrons. The van der Waals surface area contributed by atoms with Crippen molar-refractivity contribution in [2.45, 2.75) is 33.6 Å². The molecule has 0 radical (unpaired) electrons. The van der Waals surface area contributed by atoms with Gasteiger partial charge < -0.3 is 24.8 Å². The van der Waals surface area contributed by atoms with E-state index in [0.717, 1.165) is 12.8 Å². The number of fused-ring (bicyclic) bond motifs is 5. The maximum atomic E-state index is 2.32. The average Bonchev–Trinajstić information content (AvgIpc) is 3.51. The van der Waals surface area contributed by atoms with E-state index in [1.165, 1.54) is 70.9 Å². The van der Waals surface area contributed by atoms with Crippen molar-refractivity contribution in [3.05, 3.63) is 132 Å². The van der Waals surface area contributed by atoms with Gasteiger partial charge in [-0.15, -0.1) is 74.3 Å². The van der Waals surface area contributed by atoms with Crippen LogP contribution in [-0.2, 0) is 39.0 Å². The first-order valence-electron chi connectivity index (χ1n) is 13.4. The molecule has 0 N–H and O–H groups in total. The Morgan fingerprint density at radius 2 is 1.05 bits per heavy atom.